The smallest absolute Gasteiger partial charge is 0.412 e. The summed E-state index contributed by atoms with van der Waals surface area (Å²) in [4.78, 5) is 25.7. The van der Waals surface area contributed by atoms with E-state index in [0.717, 1.165) is 0 Å². The Kier molecular flexibility index (Phi) is 5.07. The molecule has 0 aromatic heterocycles. The highest BCUT2D eigenvalue weighted by molar-refractivity contribution is 6.29. The summed E-state index contributed by atoms with van der Waals surface area (Å²) in [6.45, 7) is 0.703. The summed E-state index contributed by atoms with van der Waals surface area (Å²) in [6.07, 6.45) is -0.891. The van der Waals surface area contributed by atoms with Gasteiger partial charge in [0, 0.05) is 18.3 Å². The van der Waals surface area contributed by atoms with Crippen molar-refractivity contribution in [2.24, 2.45) is 0 Å². The van der Waals surface area contributed by atoms with Crippen LogP contribution >= 0.6 is 11.6 Å². The lowest BCUT2D eigenvalue weighted by Gasteiger charge is -2.29. The molecule has 116 valence electrons. The molecule has 8 heteroatoms. The molecule has 7 nitrogen and oxygen atoms in total. The molecule has 0 bridgehead atoms. The fraction of sp³-hybridized carbons (Fsp3) is 0.357. The van der Waals surface area contributed by atoms with Crippen molar-refractivity contribution < 1.29 is 19.4 Å². The van der Waals surface area contributed by atoms with E-state index in [1.807, 2.05) is 6.07 Å². The summed E-state index contributed by atoms with van der Waals surface area (Å²) in [5.41, 5.74) is 0.952. The third-order valence-corrected chi connectivity index (χ3v) is 3.44. The Bertz CT molecular complexity index is 629. The largest absolute Gasteiger partial charge is 0.489 e. The van der Waals surface area contributed by atoms with E-state index < -0.39 is 6.09 Å². The van der Waals surface area contributed by atoms with Crippen molar-refractivity contribution in [1.82, 2.24) is 0 Å². The van der Waals surface area contributed by atoms with E-state index in [2.05, 4.69) is 0 Å². The summed E-state index contributed by atoms with van der Waals surface area (Å²) < 4.78 is 5.47. The van der Waals surface area contributed by atoms with Gasteiger partial charge in [0.2, 0.25) is 5.91 Å². The number of carbonyl (C=O) groups is 2. The number of hydrogen-bond acceptors (Lipinski definition) is 4. The average molecular weight is 324 g/mol. The Labute approximate surface area is 132 Å². The van der Waals surface area contributed by atoms with Gasteiger partial charge in [-0.05, 0) is 12.1 Å². The molecule has 0 radical (unpaired) electrons. The molecular weight excluding hydrogens is 310 g/mol. The Morgan fingerprint density at radius 3 is 2.91 bits per heavy atom. The Morgan fingerprint density at radius 2 is 2.27 bits per heavy atom. The van der Waals surface area contributed by atoms with Crippen LogP contribution in [0.2, 0.25) is 0 Å². The number of benzene rings is 1. The molecule has 1 aromatic carbocycles. The minimum Gasteiger partial charge on any atom is -0.489 e. The highest BCUT2D eigenvalue weighted by Crippen LogP contribution is 2.35. The molecule has 1 aliphatic rings. The van der Waals surface area contributed by atoms with Gasteiger partial charge in [0.15, 0.2) is 0 Å². The number of anilines is 2. The molecule has 1 N–H and O–H groups in total. The van der Waals surface area contributed by atoms with Gasteiger partial charge in [0.1, 0.15) is 18.2 Å². The minimum absolute atomic E-state index is 0.168. The standard InChI is InChI=1S/C14H14ClN3O4/c15-9-13(19)17(5-1-4-16)10-2-3-11-12(8-10)22-7-6-18(11)14(20)21/h2-3,8H,1,5-7,9H2,(H,20,21). The average Bonchev–Trinajstić information content (AvgIpc) is 2.53. The fourth-order valence-corrected chi connectivity index (χ4v) is 2.35. The maximum absolute atomic E-state index is 11.9. The number of ether oxygens (including phenoxy) is 1. The molecule has 2 amide bonds. The number of carboxylic acid groups (broad SMARTS) is 1. The predicted octanol–water partition coefficient (Wildman–Crippen LogP) is 2.05. The molecule has 0 saturated heterocycles. The van der Waals surface area contributed by atoms with Crippen LogP contribution in [0.1, 0.15) is 6.42 Å². The molecule has 1 aromatic rings. The van der Waals surface area contributed by atoms with Crippen LogP contribution in [0.5, 0.6) is 5.75 Å². The molecule has 0 spiro atoms. The van der Waals surface area contributed by atoms with Crippen molar-refractivity contribution in [2.75, 3.05) is 35.4 Å². The molecule has 0 saturated carbocycles. The zero-order valence-electron chi connectivity index (χ0n) is 11.7. The fourth-order valence-electron chi connectivity index (χ4n) is 2.21. The second kappa shape index (κ2) is 7.00. The topological polar surface area (TPSA) is 93.9 Å². The molecule has 0 atom stereocenters. The zero-order valence-corrected chi connectivity index (χ0v) is 12.4. The molecule has 1 aliphatic heterocycles. The first-order chi connectivity index (χ1) is 10.6. The summed E-state index contributed by atoms with van der Waals surface area (Å²) in [5.74, 6) is -0.150. The number of nitriles is 1. The number of carbonyl (C=O) groups excluding carboxylic acids is 1. The SMILES string of the molecule is N#CCCN(C(=O)CCl)c1ccc2c(c1)OCCN2C(=O)O. The van der Waals surface area contributed by atoms with Crippen LogP contribution in [0, 0.1) is 11.3 Å². The lowest BCUT2D eigenvalue weighted by atomic mass is 10.2. The maximum Gasteiger partial charge on any atom is 0.412 e. The van der Waals surface area contributed by atoms with Crippen LogP contribution in [0.3, 0.4) is 0 Å². The molecule has 0 aliphatic carbocycles. The Hall–Kier alpha value is -2.46. The molecular formula is C14H14ClN3O4. The van der Waals surface area contributed by atoms with Crippen LogP contribution in [0.15, 0.2) is 18.2 Å². The number of fused-ring (bicyclic) bond motifs is 1. The van der Waals surface area contributed by atoms with Crippen LogP contribution in [0.25, 0.3) is 0 Å². The number of rotatable bonds is 4. The highest BCUT2D eigenvalue weighted by atomic mass is 35.5. The summed E-state index contributed by atoms with van der Waals surface area (Å²) in [7, 11) is 0. The molecule has 2 rings (SSSR count). The lowest BCUT2D eigenvalue weighted by molar-refractivity contribution is -0.116. The van der Waals surface area contributed by atoms with Crippen LogP contribution < -0.4 is 14.5 Å². The van der Waals surface area contributed by atoms with E-state index in [1.54, 1.807) is 18.2 Å². The quantitative estimate of drug-likeness (QED) is 0.856. The van der Waals surface area contributed by atoms with Gasteiger partial charge in [-0.25, -0.2) is 4.79 Å². The van der Waals surface area contributed by atoms with Crippen molar-refractivity contribution in [1.29, 1.82) is 5.26 Å². The van der Waals surface area contributed by atoms with Crippen molar-refractivity contribution in [3.8, 4) is 11.8 Å². The van der Waals surface area contributed by atoms with Gasteiger partial charge in [-0.15, -0.1) is 11.6 Å². The molecule has 0 unspecified atom stereocenters. The Balaban J connectivity index is 2.34. The first-order valence-corrected chi connectivity index (χ1v) is 7.12. The molecule has 1 heterocycles. The lowest BCUT2D eigenvalue weighted by Crippen LogP contribution is -2.37. The second-order valence-electron chi connectivity index (χ2n) is 4.52. The van der Waals surface area contributed by atoms with Gasteiger partial charge in [-0.3, -0.25) is 9.69 Å². The monoisotopic (exact) mass is 323 g/mol. The van der Waals surface area contributed by atoms with Gasteiger partial charge in [-0.1, -0.05) is 0 Å². The number of halogens is 1. The van der Waals surface area contributed by atoms with E-state index in [9.17, 15) is 9.59 Å². The van der Waals surface area contributed by atoms with Gasteiger partial charge in [0.25, 0.3) is 0 Å². The van der Waals surface area contributed by atoms with Crippen LogP contribution in [-0.2, 0) is 4.79 Å². The van der Waals surface area contributed by atoms with Gasteiger partial charge in [-0.2, -0.15) is 5.26 Å². The van der Waals surface area contributed by atoms with Crippen molar-refractivity contribution >= 4 is 35.0 Å². The number of nitrogens with zero attached hydrogens (tertiary/aromatic N) is 3. The van der Waals surface area contributed by atoms with Crippen LogP contribution in [-0.4, -0.2) is 42.7 Å². The summed E-state index contributed by atoms with van der Waals surface area (Å²) in [6, 6.07) is 6.77. The number of alkyl halides is 1. The molecule has 0 fully saturated rings. The van der Waals surface area contributed by atoms with Crippen molar-refractivity contribution in [2.45, 2.75) is 6.42 Å². The first kappa shape index (κ1) is 15.9. The first-order valence-electron chi connectivity index (χ1n) is 6.59. The van der Waals surface area contributed by atoms with E-state index in [4.69, 9.17) is 26.7 Å². The highest BCUT2D eigenvalue weighted by Gasteiger charge is 2.25. The number of hydrogen-bond donors (Lipinski definition) is 1. The second-order valence-corrected chi connectivity index (χ2v) is 4.79. The van der Waals surface area contributed by atoms with E-state index in [0.29, 0.717) is 17.1 Å². The number of amides is 2. The van der Waals surface area contributed by atoms with Gasteiger partial charge in [0.05, 0.1) is 24.7 Å². The van der Waals surface area contributed by atoms with Crippen LogP contribution in [0.4, 0.5) is 16.2 Å². The Morgan fingerprint density at radius 1 is 1.50 bits per heavy atom. The third-order valence-electron chi connectivity index (χ3n) is 3.21. The van der Waals surface area contributed by atoms with Crippen molar-refractivity contribution in [3.63, 3.8) is 0 Å². The summed E-state index contributed by atoms with van der Waals surface area (Å²) in [5, 5.41) is 17.8. The van der Waals surface area contributed by atoms with Gasteiger partial charge >= 0.3 is 6.09 Å². The minimum atomic E-state index is -1.06. The van der Waals surface area contributed by atoms with E-state index in [-0.39, 0.29) is 37.9 Å². The maximum atomic E-state index is 11.9. The van der Waals surface area contributed by atoms with E-state index in [1.165, 1.54) is 9.80 Å². The summed E-state index contributed by atoms with van der Waals surface area (Å²) >= 11 is 5.59. The third kappa shape index (κ3) is 3.23. The molecule has 22 heavy (non-hydrogen) atoms. The van der Waals surface area contributed by atoms with E-state index >= 15 is 0 Å². The van der Waals surface area contributed by atoms with Gasteiger partial charge < -0.3 is 14.7 Å². The predicted molar refractivity (Wildman–Crippen MR) is 80.6 cm³/mol. The zero-order chi connectivity index (χ0) is 16.1. The van der Waals surface area contributed by atoms with Crippen molar-refractivity contribution in [3.05, 3.63) is 18.2 Å². The normalized spacial score (nSPS) is 12.8.